The molecule has 0 unspecified atom stereocenters. The first kappa shape index (κ1) is 25.6. The van der Waals surface area contributed by atoms with Crippen molar-refractivity contribution in [1.82, 2.24) is 5.32 Å². The molecule has 0 spiro atoms. The summed E-state index contributed by atoms with van der Waals surface area (Å²) in [6, 6.07) is 19.0. The Hall–Kier alpha value is -4.03. The Morgan fingerprint density at radius 3 is 2.47 bits per heavy atom. The molecule has 38 heavy (non-hydrogen) atoms. The number of halogens is 1. The normalized spacial score (nSPS) is 16.1. The summed E-state index contributed by atoms with van der Waals surface area (Å²) in [5.74, 6) is -0.530. The van der Waals surface area contributed by atoms with Crippen molar-refractivity contribution in [1.29, 1.82) is 0 Å². The number of ketones is 1. The van der Waals surface area contributed by atoms with Crippen molar-refractivity contribution in [2.24, 2.45) is 0 Å². The Morgan fingerprint density at radius 1 is 1.00 bits per heavy atom. The summed E-state index contributed by atoms with van der Waals surface area (Å²) in [5, 5.41) is 3.61. The first-order chi connectivity index (χ1) is 18.3. The molecule has 1 N–H and O–H groups in total. The van der Waals surface area contributed by atoms with Gasteiger partial charge >= 0.3 is 5.97 Å². The third-order valence-electron chi connectivity index (χ3n) is 6.78. The van der Waals surface area contributed by atoms with Crippen LogP contribution < -0.4 is 14.8 Å². The molecule has 1 aliphatic heterocycles. The first-order valence-corrected chi connectivity index (χ1v) is 12.8. The summed E-state index contributed by atoms with van der Waals surface area (Å²) >= 11 is 6.80. The number of methoxy groups -OCH3 is 1. The number of hydrogen-bond donors (Lipinski definition) is 1. The lowest BCUT2D eigenvalue weighted by molar-refractivity contribution is -0.136. The number of esters is 1. The molecule has 3 aromatic carbocycles. The molecule has 0 bridgehead atoms. The standard InChI is InChI=1S/C31H28ClNO5/c1-5-37-24-15-20(14-23(32)30(24)38-16-19-10-8-9-17(2)13-19)26-25(31(35)36-4)18(3)33-28-21-11-6-7-12-22(21)29(34)27(26)28/h6-15,26,33H,5,16H2,1-4H3/t26-/m1/s1. The van der Waals surface area contributed by atoms with Gasteiger partial charge in [0.15, 0.2) is 17.3 Å². The van der Waals surface area contributed by atoms with Crippen LogP contribution in [-0.2, 0) is 16.1 Å². The number of fused-ring (bicyclic) bond motifs is 2. The van der Waals surface area contributed by atoms with Gasteiger partial charge in [0.25, 0.3) is 0 Å². The largest absolute Gasteiger partial charge is 0.490 e. The highest BCUT2D eigenvalue weighted by Gasteiger charge is 2.43. The van der Waals surface area contributed by atoms with Gasteiger partial charge in [0.2, 0.25) is 0 Å². The molecule has 0 fully saturated rings. The van der Waals surface area contributed by atoms with Crippen LogP contribution in [0.15, 0.2) is 77.5 Å². The van der Waals surface area contributed by atoms with E-state index < -0.39 is 11.9 Å². The molecule has 7 heteroatoms. The smallest absolute Gasteiger partial charge is 0.336 e. The highest BCUT2D eigenvalue weighted by molar-refractivity contribution is 6.32. The lowest BCUT2D eigenvalue weighted by Gasteiger charge is -2.29. The second-order valence-electron chi connectivity index (χ2n) is 9.29. The van der Waals surface area contributed by atoms with Crippen LogP contribution in [0.3, 0.4) is 0 Å². The van der Waals surface area contributed by atoms with Gasteiger partial charge in [0.1, 0.15) is 6.61 Å². The second-order valence-corrected chi connectivity index (χ2v) is 9.70. The molecule has 5 rings (SSSR count). The fourth-order valence-electron chi connectivity index (χ4n) is 5.16. The van der Waals surface area contributed by atoms with Crippen molar-refractivity contribution in [3.63, 3.8) is 0 Å². The summed E-state index contributed by atoms with van der Waals surface area (Å²) in [6.07, 6.45) is 0. The van der Waals surface area contributed by atoms with Gasteiger partial charge < -0.3 is 19.5 Å². The van der Waals surface area contributed by atoms with E-state index in [0.717, 1.165) is 16.7 Å². The second kappa shape index (κ2) is 10.4. The van der Waals surface area contributed by atoms with Gasteiger partial charge in [-0.05, 0) is 44.0 Å². The Morgan fingerprint density at radius 2 is 1.76 bits per heavy atom. The number of ether oxygens (including phenoxy) is 3. The van der Waals surface area contributed by atoms with Gasteiger partial charge in [-0.25, -0.2) is 4.79 Å². The minimum Gasteiger partial charge on any atom is -0.490 e. The zero-order chi connectivity index (χ0) is 27.0. The molecule has 2 aliphatic rings. The molecule has 1 atom stereocenters. The van der Waals surface area contributed by atoms with Crippen molar-refractivity contribution in [3.8, 4) is 11.5 Å². The van der Waals surface area contributed by atoms with Crippen LogP contribution >= 0.6 is 11.6 Å². The number of nitrogens with one attached hydrogen (secondary N) is 1. The summed E-state index contributed by atoms with van der Waals surface area (Å²) < 4.78 is 17.2. The van der Waals surface area contributed by atoms with Gasteiger partial charge in [-0.1, -0.05) is 65.7 Å². The molecule has 6 nitrogen and oxygen atoms in total. The number of Topliss-reactive ketones (excluding diaryl/α,β-unsaturated/α-hetero) is 1. The molecule has 0 radical (unpaired) electrons. The summed E-state index contributed by atoms with van der Waals surface area (Å²) in [4.78, 5) is 26.7. The number of rotatable bonds is 7. The van der Waals surface area contributed by atoms with Crippen LogP contribution in [0, 0.1) is 6.92 Å². The fourth-order valence-corrected chi connectivity index (χ4v) is 5.43. The Labute approximate surface area is 226 Å². The lowest BCUT2D eigenvalue weighted by atomic mass is 9.79. The number of benzene rings is 3. The molecule has 0 saturated heterocycles. The average molecular weight is 530 g/mol. The SMILES string of the molecule is CCOc1cc([C@@H]2C(C(=O)OC)=C(C)NC3=C2C(=O)c2ccccc23)cc(Cl)c1OCc1cccc(C)c1. The van der Waals surface area contributed by atoms with Gasteiger partial charge in [-0.15, -0.1) is 0 Å². The van der Waals surface area contributed by atoms with Crippen LogP contribution in [-0.4, -0.2) is 25.5 Å². The number of carbonyl (C=O) groups is 2. The number of hydrogen-bond acceptors (Lipinski definition) is 6. The zero-order valence-electron chi connectivity index (χ0n) is 21.7. The summed E-state index contributed by atoms with van der Waals surface area (Å²) in [5.41, 5.74) is 6.28. The molecular formula is C31H28ClNO5. The molecule has 194 valence electrons. The highest BCUT2D eigenvalue weighted by atomic mass is 35.5. The van der Waals surface area contributed by atoms with E-state index in [1.54, 1.807) is 25.1 Å². The van der Waals surface area contributed by atoms with Crippen LogP contribution in [0.4, 0.5) is 0 Å². The van der Waals surface area contributed by atoms with E-state index in [0.29, 0.717) is 63.4 Å². The average Bonchev–Trinajstić information content (AvgIpc) is 3.18. The molecular weight excluding hydrogens is 502 g/mol. The van der Waals surface area contributed by atoms with E-state index in [-0.39, 0.29) is 5.78 Å². The maximum atomic E-state index is 13.7. The van der Waals surface area contributed by atoms with Crippen molar-refractivity contribution < 1.29 is 23.8 Å². The molecule has 0 saturated carbocycles. The number of carbonyl (C=O) groups excluding carboxylic acids is 2. The van der Waals surface area contributed by atoms with Crippen LogP contribution in [0.25, 0.3) is 5.70 Å². The van der Waals surface area contributed by atoms with Crippen molar-refractivity contribution >= 4 is 29.1 Å². The van der Waals surface area contributed by atoms with Crippen LogP contribution in [0.5, 0.6) is 11.5 Å². The Kier molecular flexibility index (Phi) is 7.00. The number of aryl methyl sites for hydroxylation is 1. The minimum atomic E-state index is -0.707. The van der Waals surface area contributed by atoms with Gasteiger partial charge in [-0.3, -0.25) is 4.79 Å². The van der Waals surface area contributed by atoms with E-state index in [4.69, 9.17) is 25.8 Å². The third kappa shape index (κ3) is 4.45. The Balaban J connectivity index is 1.62. The van der Waals surface area contributed by atoms with Crippen molar-refractivity contribution in [2.45, 2.75) is 33.3 Å². The summed E-state index contributed by atoms with van der Waals surface area (Å²) in [6.45, 7) is 6.39. The van der Waals surface area contributed by atoms with E-state index >= 15 is 0 Å². The van der Waals surface area contributed by atoms with Crippen molar-refractivity contribution in [3.05, 3.63) is 110 Å². The van der Waals surface area contributed by atoms with Crippen molar-refractivity contribution in [2.75, 3.05) is 13.7 Å². The minimum absolute atomic E-state index is 0.143. The van der Waals surface area contributed by atoms with E-state index in [1.165, 1.54) is 7.11 Å². The number of dihydropyridines is 1. The summed E-state index contributed by atoms with van der Waals surface area (Å²) in [7, 11) is 1.33. The topological polar surface area (TPSA) is 73.9 Å². The van der Waals surface area contributed by atoms with Crippen LogP contribution in [0.2, 0.25) is 5.02 Å². The van der Waals surface area contributed by atoms with E-state index in [1.807, 2.05) is 56.3 Å². The first-order valence-electron chi connectivity index (χ1n) is 12.4. The molecule has 3 aromatic rings. The lowest BCUT2D eigenvalue weighted by Crippen LogP contribution is -2.29. The molecule has 0 aromatic heterocycles. The highest BCUT2D eigenvalue weighted by Crippen LogP contribution is 2.49. The van der Waals surface area contributed by atoms with Crippen LogP contribution in [0.1, 0.15) is 52.4 Å². The Bertz CT molecular complexity index is 1520. The maximum absolute atomic E-state index is 13.7. The van der Waals surface area contributed by atoms with Gasteiger partial charge in [0.05, 0.1) is 30.0 Å². The zero-order valence-corrected chi connectivity index (χ0v) is 22.4. The number of allylic oxidation sites excluding steroid dienone is 2. The fraction of sp³-hybridized carbons (Fsp3) is 0.226. The van der Waals surface area contributed by atoms with E-state index in [2.05, 4.69) is 5.32 Å². The molecule has 1 aliphatic carbocycles. The quantitative estimate of drug-likeness (QED) is 0.359. The predicted octanol–water partition coefficient (Wildman–Crippen LogP) is 6.37. The van der Waals surface area contributed by atoms with Gasteiger partial charge in [0, 0.05) is 28.3 Å². The van der Waals surface area contributed by atoms with E-state index in [9.17, 15) is 9.59 Å². The monoisotopic (exact) mass is 529 g/mol. The molecule has 1 heterocycles. The van der Waals surface area contributed by atoms with Gasteiger partial charge in [-0.2, -0.15) is 0 Å². The molecule has 0 amide bonds. The maximum Gasteiger partial charge on any atom is 0.336 e. The third-order valence-corrected chi connectivity index (χ3v) is 7.07. The predicted molar refractivity (Wildman–Crippen MR) is 146 cm³/mol.